The van der Waals surface area contributed by atoms with Crippen LogP contribution in [0, 0.1) is 5.92 Å². The van der Waals surface area contributed by atoms with Gasteiger partial charge in [-0.1, -0.05) is 42.5 Å². The summed E-state index contributed by atoms with van der Waals surface area (Å²) < 4.78 is 0. The standard InChI is InChI=1S/C24H30N2O/c27-24(23-10-8-22(9-11-23)19-25-14-4-5-15-25)26-16-12-21(13-17-26)18-20-6-2-1-3-7-20/h1-3,6-11,21H,4-5,12-19H2. The highest BCUT2D eigenvalue weighted by molar-refractivity contribution is 5.94. The van der Waals surface area contributed by atoms with Crippen LogP contribution in [-0.2, 0) is 13.0 Å². The number of carbonyl (C=O) groups excluding carboxylic acids is 1. The van der Waals surface area contributed by atoms with E-state index in [2.05, 4.69) is 47.4 Å². The maximum absolute atomic E-state index is 12.8. The Morgan fingerprint density at radius 1 is 0.815 bits per heavy atom. The van der Waals surface area contributed by atoms with E-state index in [0.29, 0.717) is 5.92 Å². The summed E-state index contributed by atoms with van der Waals surface area (Å²) in [4.78, 5) is 17.4. The van der Waals surface area contributed by atoms with E-state index < -0.39 is 0 Å². The molecule has 27 heavy (non-hydrogen) atoms. The Bertz CT molecular complexity index is 727. The van der Waals surface area contributed by atoms with Crippen LogP contribution in [0.15, 0.2) is 54.6 Å². The second kappa shape index (κ2) is 8.71. The molecule has 1 amide bonds. The Kier molecular flexibility index (Phi) is 5.88. The first-order chi connectivity index (χ1) is 13.3. The van der Waals surface area contributed by atoms with Crippen LogP contribution in [0.3, 0.4) is 0 Å². The lowest BCUT2D eigenvalue weighted by molar-refractivity contribution is 0.0690. The molecule has 0 spiro atoms. The zero-order valence-electron chi connectivity index (χ0n) is 16.1. The first-order valence-corrected chi connectivity index (χ1v) is 10.4. The summed E-state index contributed by atoms with van der Waals surface area (Å²) in [5, 5.41) is 0. The van der Waals surface area contributed by atoms with E-state index in [0.717, 1.165) is 44.5 Å². The van der Waals surface area contributed by atoms with Crippen LogP contribution >= 0.6 is 0 Å². The van der Waals surface area contributed by atoms with Crippen molar-refractivity contribution >= 4 is 5.91 Å². The molecule has 3 heteroatoms. The molecule has 2 aliphatic heterocycles. The fourth-order valence-electron chi connectivity index (χ4n) is 4.42. The van der Waals surface area contributed by atoms with Crippen molar-refractivity contribution in [3.8, 4) is 0 Å². The number of likely N-dealkylation sites (tertiary alicyclic amines) is 2. The number of benzene rings is 2. The number of nitrogens with zero attached hydrogens (tertiary/aromatic N) is 2. The summed E-state index contributed by atoms with van der Waals surface area (Å²) in [6.07, 6.45) is 5.98. The largest absolute Gasteiger partial charge is 0.339 e. The molecule has 2 aromatic carbocycles. The zero-order valence-corrected chi connectivity index (χ0v) is 16.1. The molecular weight excluding hydrogens is 332 g/mol. The molecule has 2 aromatic rings. The molecule has 0 bridgehead atoms. The molecule has 2 heterocycles. The van der Waals surface area contributed by atoms with Crippen molar-refractivity contribution < 1.29 is 4.79 Å². The minimum Gasteiger partial charge on any atom is -0.339 e. The van der Waals surface area contributed by atoms with E-state index in [4.69, 9.17) is 0 Å². The Morgan fingerprint density at radius 3 is 2.15 bits per heavy atom. The van der Waals surface area contributed by atoms with E-state index in [1.807, 2.05) is 17.0 Å². The maximum Gasteiger partial charge on any atom is 0.253 e. The fourth-order valence-corrected chi connectivity index (χ4v) is 4.42. The summed E-state index contributed by atoms with van der Waals surface area (Å²) in [6.45, 7) is 5.19. The number of hydrogen-bond acceptors (Lipinski definition) is 2. The van der Waals surface area contributed by atoms with Crippen LogP contribution in [0.1, 0.15) is 47.2 Å². The molecular formula is C24H30N2O. The lowest BCUT2D eigenvalue weighted by atomic mass is 9.90. The molecule has 2 aliphatic rings. The highest BCUT2D eigenvalue weighted by Gasteiger charge is 2.23. The second-order valence-electron chi connectivity index (χ2n) is 8.11. The van der Waals surface area contributed by atoms with Crippen molar-refractivity contribution in [3.63, 3.8) is 0 Å². The fraction of sp³-hybridized carbons (Fsp3) is 0.458. The van der Waals surface area contributed by atoms with Crippen LogP contribution in [0.2, 0.25) is 0 Å². The highest BCUT2D eigenvalue weighted by Crippen LogP contribution is 2.23. The van der Waals surface area contributed by atoms with Gasteiger partial charge in [0.15, 0.2) is 0 Å². The topological polar surface area (TPSA) is 23.6 Å². The van der Waals surface area contributed by atoms with Gasteiger partial charge in [-0.05, 0) is 74.4 Å². The van der Waals surface area contributed by atoms with E-state index in [1.54, 1.807) is 0 Å². The minimum atomic E-state index is 0.195. The van der Waals surface area contributed by atoms with Crippen molar-refractivity contribution in [1.29, 1.82) is 0 Å². The predicted octanol–water partition coefficient (Wildman–Crippen LogP) is 4.38. The van der Waals surface area contributed by atoms with Crippen LogP contribution in [0.4, 0.5) is 0 Å². The van der Waals surface area contributed by atoms with Gasteiger partial charge in [0.2, 0.25) is 0 Å². The SMILES string of the molecule is O=C(c1ccc(CN2CCCC2)cc1)N1CCC(Cc2ccccc2)CC1. The van der Waals surface area contributed by atoms with E-state index in [1.165, 1.54) is 37.1 Å². The van der Waals surface area contributed by atoms with Gasteiger partial charge in [-0.2, -0.15) is 0 Å². The molecule has 2 fully saturated rings. The van der Waals surface area contributed by atoms with Gasteiger partial charge >= 0.3 is 0 Å². The van der Waals surface area contributed by atoms with Gasteiger partial charge in [-0.25, -0.2) is 0 Å². The highest BCUT2D eigenvalue weighted by atomic mass is 16.2. The first kappa shape index (κ1) is 18.2. The minimum absolute atomic E-state index is 0.195. The molecule has 2 saturated heterocycles. The monoisotopic (exact) mass is 362 g/mol. The normalized spacial score (nSPS) is 18.7. The van der Waals surface area contributed by atoms with Crippen molar-refractivity contribution in [1.82, 2.24) is 9.80 Å². The molecule has 0 aromatic heterocycles. The lowest BCUT2D eigenvalue weighted by Gasteiger charge is -2.32. The van der Waals surface area contributed by atoms with Crippen molar-refractivity contribution in [2.75, 3.05) is 26.2 Å². The van der Waals surface area contributed by atoms with Gasteiger partial charge in [-0.3, -0.25) is 9.69 Å². The smallest absolute Gasteiger partial charge is 0.253 e. The van der Waals surface area contributed by atoms with E-state index >= 15 is 0 Å². The number of rotatable bonds is 5. The molecule has 0 saturated carbocycles. The third-order valence-electron chi connectivity index (χ3n) is 6.07. The molecule has 0 unspecified atom stereocenters. The van der Waals surface area contributed by atoms with Crippen LogP contribution in [-0.4, -0.2) is 41.9 Å². The van der Waals surface area contributed by atoms with Crippen LogP contribution < -0.4 is 0 Å². The molecule has 142 valence electrons. The van der Waals surface area contributed by atoms with Gasteiger partial charge in [0, 0.05) is 25.2 Å². The molecule has 0 radical (unpaired) electrons. The lowest BCUT2D eigenvalue weighted by Crippen LogP contribution is -2.38. The molecule has 0 atom stereocenters. The molecule has 0 aliphatic carbocycles. The summed E-state index contributed by atoms with van der Waals surface area (Å²) in [6, 6.07) is 19.0. The Morgan fingerprint density at radius 2 is 1.48 bits per heavy atom. The van der Waals surface area contributed by atoms with E-state index in [9.17, 15) is 4.79 Å². The van der Waals surface area contributed by atoms with Crippen LogP contribution in [0.5, 0.6) is 0 Å². The van der Waals surface area contributed by atoms with E-state index in [-0.39, 0.29) is 5.91 Å². The Hall–Kier alpha value is -2.13. The zero-order chi connectivity index (χ0) is 18.5. The third kappa shape index (κ3) is 4.78. The number of hydrogen-bond donors (Lipinski definition) is 0. The summed E-state index contributed by atoms with van der Waals surface area (Å²) >= 11 is 0. The number of carbonyl (C=O) groups is 1. The average Bonchev–Trinajstić information content (AvgIpc) is 3.22. The predicted molar refractivity (Wildman–Crippen MR) is 110 cm³/mol. The summed E-state index contributed by atoms with van der Waals surface area (Å²) in [5.41, 5.74) is 3.56. The third-order valence-corrected chi connectivity index (χ3v) is 6.07. The molecule has 4 rings (SSSR count). The molecule has 3 nitrogen and oxygen atoms in total. The quantitative estimate of drug-likeness (QED) is 0.788. The second-order valence-corrected chi connectivity index (χ2v) is 8.11. The van der Waals surface area contributed by atoms with Gasteiger partial charge in [0.1, 0.15) is 0 Å². The first-order valence-electron chi connectivity index (χ1n) is 10.4. The van der Waals surface area contributed by atoms with Gasteiger partial charge in [-0.15, -0.1) is 0 Å². The van der Waals surface area contributed by atoms with Gasteiger partial charge < -0.3 is 4.90 Å². The Balaban J connectivity index is 1.28. The molecule has 0 N–H and O–H groups in total. The number of amides is 1. The number of piperidine rings is 1. The van der Waals surface area contributed by atoms with Crippen molar-refractivity contribution in [2.45, 2.75) is 38.6 Å². The maximum atomic E-state index is 12.8. The summed E-state index contributed by atoms with van der Waals surface area (Å²) in [7, 11) is 0. The van der Waals surface area contributed by atoms with Crippen LogP contribution in [0.25, 0.3) is 0 Å². The average molecular weight is 363 g/mol. The van der Waals surface area contributed by atoms with Gasteiger partial charge in [0.05, 0.1) is 0 Å². The summed E-state index contributed by atoms with van der Waals surface area (Å²) in [5.74, 6) is 0.889. The van der Waals surface area contributed by atoms with Crippen molar-refractivity contribution in [2.24, 2.45) is 5.92 Å². The van der Waals surface area contributed by atoms with Gasteiger partial charge in [0.25, 0.3) is 5.91 Å². The Labute approximate surface area is 163 Å². The van der Waals surface area contributed by atoms with Crippen molar-refractivity contribution in [3.05, 3.63) is 71.3 Å².